The second-order valence-corrected chi connectivity index (χ2v) is 28.9. The smallest absolute Gasteiger partial charge is 0.356 e. The lowest BCUT2D eigenvalue weighted by atomic mass is 9.76. The minimum Gasteiger partial charge on any atom is -0.476 e. The number of anilines is 2. The number of aromatic nitrogens is 8. The topological polar surface area (TPSA) is 224 Å². The van der Waals surface area contributed by atoms with Crippen molar-refractivity contribution >= 4 is 43.1 Å². The van der Waals surface area contributed by atoms with E-state index in [1.165, 1.54) is 0 Å². The molecule has 5 N–H and O–H groups in total. The average Bonchev–Trinajstić information content (AvgIpc) is 4.26. The summed E-state index contributed by atoms with van der Waals surface area (Å²) in [7, 11) is -1.11. The number of nitrogens with two attached hydrogens (primary N) is 1. The Morgan fingerprint density at radius 3 is 1.87 bits per heavy atom. The molecule has 2 atom stereocenters. The van der Waals surface area contributed by atoms with Gasteiger partial charge in [0.25, 0.3) is 5.91 Å². The first kappa shape index (κ1) is 54.4. The number of nitrogen functional groups attached to an aromatic ring is 1. The van der Waals surface area contributed by atoms with E-state index in [0.717, 1.165) is 111 Å². The van der Waals surface area contributed by atoms with E-state index in [2.05, 4.69) is 90.3 Å². The fourth-order valence-electron chi connectivity index (χ4n) is 10.4. The molecule has 0 radical (unpaired) electrons. The van der Waals surface area contributed by atoms with Crippen LogP contribution in [-0.2, 0) is 46.7 Å². The summed E-state index contributed by atoms with van der Waals surface area (Å²) in [6.45, 7) is 19.8. The summed E-state index contributed by atoms with van der Waals surface area (Å²) in [6, 6.07) is 21.1. The molecular weight excluding hydrogens is 965 g/mol. The zero-order chi connectivity index (χ0) is 53.5. The fourth-order valence-corrected chi connectivity index (χ4v) is 11.1. The number of hydrogen-bond acceptors (Lipinski definition) is 10. The zero-order valence-electron chi connectivity index (χ0n) is 44.8. The van der Waals surface area contributed by atoms with Crippen LogP contribution in [0, 0.1) is 10.8 Å². The lowest BCUT2D eigenvalue weighted by Gasteiger charge is -2.30. The van der Waals surface area contributed by atoms with Crippen LogP contribution in [0.5, 0.6) is 0 Å². The number of fused-ring (bicyclic) bond motifs is 2. The van der Waals surface area contributed by atoms with Gasteiger partial charge >= 0.3 is 5.97 Å². The van der Waals surface area contributed by atoms with Crippen molar-refractivity contribution < 1.29 is 29.0 Å². The van der Waals surface area contributed by atoms with Gasteiger partial charge in [-0.1, -0.05) is 108 Å². The Bertz CT molecular complexity index is 2920. The molecule has 2 unspecified atom stereocenters. The second kappa shape index (κ2) is 23.4. The van der Waals surface area contributed by atoms with Crippen LogP contribution in [-0.4, -0.2) is 119 Å². The van der Waals surface area contributed by atoms with Crippen molar-refractivity contribution in [3.8, 4) is 0 Å². The number of aromatic amines is 1. The van der Waals surface area contributed by atoms with Gasteiger partial charge in [-0.3, -0.25) is 28.8 Å². The summed E-state index contributed by atoms with van der Waals surface area (Å²) in [5.74, 6) is -0.747. The number of H-pyrrole nitrogens is 1. The number of carboxylic acid groups (broad SMARTS) is 1. The Morgan fingerprint density at radius 1 is 0.773 bits per heavy atom. The van der Waals surface area contributed by atoms with Crippen molar-refractivity contribution in [1.29, 1.82) is 0 Å². The molecule has 0 spiro atoms. The van der Waals surface area contributed by atoms with E-state index in [4.69, 9.17) is 10.5 Å². The Morgan fingerprint density at radius 2 is 1.33 bits per heavy atom. The zero-order valence-corrected chi connectivity index (χ0v) is 45.8. The Labute approximate surface area is 441 Å². The SMILES string of the molecule is CC1(C)CCc2c(C(=O)Nc3cnn(C(CN4CCCC4=O)c4ccccc4)c3)n[nH]c2C1.CC1(C)CCc2c(C(=O)O)nn(COCC[Si](C)(C)C)c2C1.Nc1cnn(C(CN2CCCC2=O)c2ccccc2)c1. The summed E-state index contributed by atoms with van der Waals surface area (Å²) in [6.07, 6.45) is 15.5. The van der Waals surface area contributed by atoms with E-state index >= 15 is 0 Å². The third-order valence-corrected chi connectivity index (χ3v) is 16.5. The number of carbonyl (C=O) groups is 4. The molecule has 2 aliphatic carbocycles. The van der Waals surface area contributed by atoms with Gasteiger partial charge in [-0.25, -0.2) is 9.48 Å². The van der Waals surface area contributed by atoms with Crippen molar-refractivity contribution in [1.82, 2.24) is 49.3 Å². The number of benzene rings is 2. The maximum atomic E-state index is 13.0. The highest BCUT2D eigenvalue weighted by molar-refractivity contribution is 6.76. The maximum Gasteiger partial charge on any atom is 0.356 e. The van der Waals surface area contributed by atoms with Crippen LogP contribution in [0.2, 0.25) is 25.7 Å². The first-order valence-corrected chi connectivity index (χ1v) is 30.2. The maximum absolute atomic E-state index is 13.0. The van der Waals surface area contributed by atoms with Gasteiger partial charge in [0.1, 0.15) is 6.73 Å². The third-order valence-electron chi connectivity index (χ3n) is 14.8. The van der Waals surface area contributed by atoms with Crippen molar-refractivity contribution in [3.63, 3.8) is 0 Å². The Kier molecular flexibility index (Phi) is 16.9. The highest BCUT2D eigenvalue weighted by Crippen LogP contribution is 2.37. The number of hydrogen-bond donors (Lipinski definition) is 4. The number of aromatic carboxylic acids is 1. The minimum atomic E-state index is -1.11. The standard InChI is InChI=1S/C25H30N6O2.C16H28N2O3Si.C15H18N4O/c1-25(2)11-10-19-20(13-25)28-29-23(19)24(33)27-18-14-26-31(15-18)21(17-7-4-3-5-8-17)16-30-12-6-9-22(30)32;1-16(2)7-6-12-13(10-16)18(17-14(12)15(19)20)11-21-8-9-22(3,4)5;16-13-9-17-19(10-13)14(12-5-2-1-3-6-12)11-18-8-4-7-15(18)20/h3-5,7-8,14-15,21H,6,9-13,16H2,1-2H3,(H,27,33)(H,28,29);6-11H2,1-5H3,(H,19,20);1-3,5-6,9-10,14H,4,7-8,11,16H2. The van der Waals surface area contributed by atoms with Crippen LogP contribution in [0.4, 0.5) is 11.4 Å². The van der Waals surface area contributed by atoms with Crippen molar-refractivity contribution in [2.24, 2.45) is 10.8 Å². The molecule has 2 aromatic carbocycles. The Hall–Kier alpha value is -6.86. The summed E-state index contributed by atoms with van der Waals surface area (Å²) >= 11 is 0. The molecule has 10 rings (SSSR count). The van der Waals surface area contributed by atoms with E-state index < -0.39 is 14.0 Å². The molecule has 6 aromatic rings. The number of ether oxygens (including phenoxy) is 1. The predicted octanol–water partition coefficient (Wildman–Crippen LogP) is 8.67. The van der Waals surface area contributed by atoms with Gasteiger partial charge in [-0.2, -0.15) is 20.4 Å². The minimum absolute atomic E-state index is 0.00977. The number of amides is 3. The van der Waals surface area contributed by atoms with Gasteiger partial charge in [0.15, 0.2) is 11.4 Å². The lowest BCUT2D eigenvalue weighted by molar-refractivity contribution is -0.128. The van der Waals surface area contributed by atoms with E-state index in [1.54, 1.807) is 17.1 Å². The highest BCUT2D eigenvalue weighted by atomic mass is 28.3. The predicted molar refractivity (Wildman–Crippen MR) is 291 cm³/mol. The van der Waals surface area contributed by atoms with Crippen LogP contribution >= 0.6 is 0 Å². The van der Waals surface area contributed by atoms with E-state index in [1.807, 2.05) is 80.1 Å². The van der Waals surface area contributed by atoms with E-state index in [0.29, 0.717) is 49.7 Å². The molecule has 6 heterocycles. The van der Waals surface area contributed by atoms with Gasteiger partial charge in [0.2, 0.25) is 11.8 Å². The number of nitrogens with one attached hydrogen (secondary N) is 2. The van der Waals surface area contributed by atoms with Gasteiger partial charge in [0, 0.05) is 88.6 Å². The molecule has 75 heavy (non-hydrogen) atoms. The first-order valence-electron chi connectivity index (χ1n) is 26.5. The van der Waals surface area contributed by atoms with Crippen LogP contribution in [0.25, 0.3) is 0 Å². The molecule has 2 saturated heterocycles. The molecular formula is C56H76N12O6Si. The van der Waals surface area contributed by atoms with Crippen LogP contribution in [0.1, 0.15) is 133 Å². The number of nitrogens with zero attached hydrogens (tertiary/aromatic N) is 9. The van der Waals surface area contributed by atoms with Gasteiger partial charge in [0.05, 0.1) is 35.9 Å². The van der Waals surface area contributed by atoms with Gasteiger partial charge < -0.3 is 30.7 Å². The number of carbonyl (C=O) groups excluding carboxylic acids is 3. The fraction of sp³-hybridized carbons (Fsp3) is 0.500. The van der Waals surface area contributed by atoms with Gasteiger partial charge in [-0.15, -0.1) is 0 Å². The summed E-state index contributed by atoms with van der Waals surface area (Å²) < 4.78 is 11.2. The highest BCUT2D eigenvalue weighted by Gasteiger charge is 2.34. The number of carboxylic acids is 1. The largest absolute Gasteiger partial charge is 0.476 e. The molecule has 2 fully saturated rings. The Balaban J connectivity index is 0.000000156. The molecule has 0 bridgehead atoms. The first-order chi connectivity index (χ1) is 35.7. The van der Waals surface area contributed by atoms with Gasteiger partial charge in [-0.05, 0) is 79.4 Å². The molecule has 0 saturated carbocycles. The third kappa shape index (κ3) is 14.1. The van der Waals surface area contributed by atoms with E-state index in [-0.39, 0.29) is 46.3 Å². The molecule has 19 heteroatoms. The summed E-state index contributed by atoms with van der Waals surface area (Å²) in [4.78, 5) is 52.3. The average molecular weight is 1040 g/mol. The quantitative estimate of drug-likeness (QED) is 0.0530. The molecule has 3 amide bonds. The van der Waals surface area contributed by atoms with E-state index in [9.17, 15) is 24.3 Å². The second-order valence-electron chi connectivity index (χ2n) is 23.3. The number of likely N-dealkylation sites (tertiary alicyclic amines) is 2. The van der Waals surface area contributed by atoms with Crippen LogP contribution in [0.3, 0.4) is 0 Å². The molecule has 18 nitrogen and oxygen atoms in total. The summed E-state index contributed by atoms with van der Waals surface area (Å²) in [5, 5.41) is 32.8. The van der Waals surface area contributed by atoms with Crippen LogP contribution in [0.15, 0.2) is 85.5 Å². The van der Waals surface area contributed by atoms with Crippen LogP contribution < -0.4 is 11.1 Å². The summed E-state index contributed by atoms with van der Waals surface area (Å²) in [5.41, 5.74) is 14.3. The molecule has 4 aliphatic rings. The molecule has 400 valence electrons. The van der Waals surface area contributed by atoms with Crippen molar-refractivity contribution in [3.05, 3.63) is 130 Å². The molecule has 4 aromatic heterocycles. The number of rotatable bonds is 16. The monoisotopic (exact) mass is 1040 g/mol. The van der Waals surface area contributed by atoms with Crippen molar-refractivity contribution in [2.45, 2.75) is 136 Å². The van der Waals surface area contributed by atoms with Crippen molar-refractivity contribution in [2.75, 3.05) is 43.8 Å². The molecule has 2 aliphatic heterocycles. The lowest BCUT2D eigenvalue weighted by Crippen LogP contribution is -2.32. The normalized spacial score (nSPS) is 17.5.